The molecule has 3 aliphatic rings. The molecule has 0 aromatic rings. The van der Waals surface area contributed by atoms with Crippen LogP contribution in [0.4, 0.5) is 0 Å². The summed E-state index contributed by atoms with van der Waals surface area (Å²) < 4.78 is 5.20. The summed E-state index contributed by atoms with van der Waals surface area (Å²) in [5.41, 5.74) is -0.122. The maximum atomic E-state index is 11.9. The van der Waals surface area contributed by atoms with Crippen molar-refractivity contribution in [2.24, 2.45) is 5.41 Å². The van der Waals surface area contributed by atoms with E-state index >= 15 is 0 Å². The van der Waals surface area contributed by atoms with Crippen LogP contribution in [0.2, 0.25) is 0 Å². The molecule has 0 unspecified atom stereocenters. The van der Waals surface area contributed by atoms with Crippen molar-refractivity contribution in [1.82, 2.24) is 4.90 Å². The highest BCUT2D eigenvalue weighted by Crippen LogP contribution is 2.40. The van der Waals surface area contributed by atoms with Crippen molar-refractivity contribution < 1.29 is 9.53 Å². The Morgan fingerprint density at radius 2 is 2.00 bits per heavy atom. The number of ether oxygens (including phenoxy) is 1. The first-order valence-corrected chi connectivity index (χ1v) is 5.66. The van der Waals surface area contributed by atoms with Crippen LogP contribution in [0.1, 0.15) is 32.6 Å². The van der Waals surface area contributed by atoms with Gasteiger partial charge in [-0.3, -0.25) is 4.79 Å². The molecule has 3 rings (SSSR count). The molecule has 2 bridgehead atoms. The third-order valence-electron chi connectivity index (χ3n) is 3.65. The number of esters is 1. The first-order valence-electron chi connectivity index (χ1n) is 5.66. The molecule has 0 aromatic heterocycles. The molecule has 3 fully saturated rings. The summed E-state index contributed by atoms with van der Waals surface area (Å²) in [6, 6.07) is 0. The quantitative estimate of drug-likeness (QED) is 0.627. The van der Waals surface area contributed by atoms with E-state index in [1.54, 1.807) is 0 Å². The second kappa shape index (κ2) is 3.89. The number of hydrogen-bond acceptors (Lipinski definition) is 3. The fourth-order valence-electron chi connectivity index (χ4n) is 2.69. The minimum absolute atomic E-state index is 0.0570. The zero-order valence-corrected chi connectivity index (χ0v) is 8.92. The van der Waals surface area contributed by atoms with Gasteiger partial charge >= 0.3 is 5.97 Å². The van der Waals surface area contributed by atoms with Crippen LogP contribution < -0.4 is 0 Å². The summed E-state index contributed by atoms with van der Waals surface area (Å²) in [4.78, 5) is 14.4. The molecule has 3 aliphatic heterocycles. The van der Waals surface area contributed by atoms with Crippen molar-refractivity contribution in [3.05, 3.63) is 0 Å². The molecule has 0 spiro atoms. The SMILES string of the molecule is CCOC(=O)C12CCCN(CC1)CC2. The van der Waals surface area contributed by atoms with Crippen LogP contribution in [0.5, 0.6) is 0 Å². The lowest BCUT2D eigenvalue weighted by molar-refractivity contribution is -0.158. The second-order valence-corrected chi connectivity index (χ2v) is 4.45. The lowest BCUT2D eigenvalue weighted by Crippen LogP contribution is -2.41. The van der Waals surface area contributed by atoms with Crippen LogP contribution >= 0.6 is 0 Å². The Labute approximate surface area is 85.4 Å². The van der Waals surface area contributed by atoms with Gasteiger partial charge in [-0.05, 0) is 52.2 Å². The van der Waals surface area contributed by atoms with Gasteiger partial charge in [0.05, 0.1) is 12.0 Å². The van der Waals surface area contributed by atoms with Crippen LogP contribution in [0, 0.1) is 5.41 Å². The fourth-order valence-corrected chi connectivity index (χ4v) is 2.69. The number of hydrogen-bond donors (Lipinski definition) is 0. The molecule has 0 N–H and O–H groups in total. The van der Waals surface area contributed by atoms with Crippen LogP contribution in [0.3, 0.4) is 0 Å². The van der Waals surface area contributed by atoms with Gasteiger partial charge in [-0.15, -0.1) is 0 Å². The lowest BCUT2D eigenvalue weighted by atomic mass is 9.76. The smallest absolute Gasteiger partial charge is 0.312 e. The van der Waals surface area contributed by atoms with Crippen molar-refractivity contribution >= 4 is 5.97 Å². The second-order valence-electron chi connectivity index (χ2n) is 4.45. The van der Waals surface area contributed by atoms with Gasteiger partial charge in [0.2, 0.25) is 0 Å². The Balaban J connectivity index is 2.09. The maximum absolute atomic E-state index is 11.9. The van der Waals surface area contributed by atoms with E-state index in [9.17, 15) is 4.79 Å². The number of carbonyl (C=O) groups excluding carboxylic acids is 1. The van der Waals surface area contributed by atoms with E-state index in [0.29, 0.717) is 6.61 Å². The summed E-state index contributed by atoms with van der Waals surface area (Å²) in [5, 5.41) is 0. The van der Waals surface area contributed by atoms with Gasteiger partial charge in [-0.25, -0.2) is 0 Å². The van der Waals surface area contributed by atoms with Crippen molar-refractivity contribution in [3.63, 3.8) is 0 Å². The first-order chi connectivity index (χ1) is 6.77. The predicted octanol–water partition coefficient (Wildman–Crippen LogP) is 1.43. The number of rotatable bonds is 2. The molecule has 0 aliphatic carbocycles. The number of nitrogens with zero attached hydrogens (tertiary/aromatic N) is 1. The Hall–Kier alpha value is -0.570. The average Bonchev–Trinajstić information content (AvgIpc) is 2.52. The minimum Gasteiger partial charge on any atom is -0.466 e. The van der Waals surface area contributed by atoms with Gasteiger partial charge in [0.1, 0.15) is 0 Å². The molecule has 3 heterocycles. The number of piperidine rings is 1. The van der Waals surface area contributed by atoms with Crippen LogP contribution in [-0.2, 0) is 9.53 Å². The minimum atomic E-state index is -0.122. The van der Waals surface area contributed by atoms with E-state index in [1.807, 2.05) is 6.92 Å². The monoisotopic (exact) mass is 197 g/mol. The Kier molecular flexibility index (Phi) is 2.77. The highest BCUT2D eigenvalue weighted by molar-refractivity contribution is 5.77. The highest BCUT2D eigenvalue weighted by atomic mass is 16.5. The van der Waals surface area contributed by atoms with Gasteiger partial charge in [0.15, 0.2) is 0 Å². The zero-order chi connectivity index (χ0) is 10.0. The summed E-state index contributed by atoms with van der Waals surface area (Å²) in [6.07, 6.45) is 4.19. The molecule has 0 amide bonds. The van der Waals surface area contributed by atoms with Crippen LogP contribution in [-0.4, -0.2) is 37.1 Å². The molecule has 14 heavy (non-hydrogen) atoms. The average molecular weight is 197 g/mol. The highest BCUT2D eigenvalue weighted by Gasteiger charge is 2.43. The molecule has 0 aromatic carbocycles. The summed E-state index contributed by atoms with van der Waals surface area (Å²) in [5.74, 6) is 0.0570. The molecule has 80 valence electrons. The summed E-state index contributed by atoms with van der Waals surface area (Å²) >= 11 is 0. The molecule has 0 radical (unpaired) electrons. The third kappa shape index (κ3) is 1.65. The summed E-state index contributed by atoms with van der Waals surface area (Å²) in [6.45, 7) is 5.74. The van der Waals surface area contributed by atoms with Gasteiger partial charge in [-0.1, -0.05) is 0 Å². The Morgan fingerprint density at radius 3 is 2.64 bits per heavy atom. The summed E-state index contributed by atoms with van der Waals surface area (Å²) in [7, 11) is 0. The molecule has 0 saturated carbocycles. The van der Waals surface area contributed by atoms with Gasteiger partial charge in [0, 0.05) is 0 Å². The zero-order valence-electron chi connectivity index (χ0n) is 8.92. The molecular weight excluding hydrogens is 178 g/mol. The van der Waals surface area contributed by atoms with Gasteiger partial charge in [0.25, 0.3) is 0 Å². The predicted molar refractivity (Wildman–Crippen MR) is 54.0 cm³/mol. The molecule has 3 heteroatoms. The number of fused-ring (bicyclic) bond motifs is 4. The van der Waals surface area contributed by atoms with Gasteiger partial charge < -0.3 is 9.64 Å². The van der Waals surface area contributed by atoms with Crippen LogP contribution in [0.15, 0.2) is 0 Å². The molecule has 3 saturated heterocycles. The van der Waals surface area contributed by atoms with E-state index in [-0.39, 0.29) is 11.4 Å². The molecule has 3 nitrogen and oxygen atoms in total. The van der Waals surface area contributed by atoms with Gasteiger partial charge in [-0.2, -0.15) is 0 Å². The number of carbonyl (C=O) groups is 1. The fraction of sp³-hybridized carbons (Fsp3) is 0.909. The largest absolute Gasteiger partial charge is 0.466 e. The molecule has 0 atom stereocenters. The van der Waals surface area contributed by atoms with E-state index in [4.69, 9.17) is 4.74 Å². The van der Waals surface area contributed by atoms with Crippen molar-refractivity contribution in [2.75, 3.05) is 26.2 Å². The van der Waals surface area contributed by atoms with Crippen molar-refractivity contribution in [3.8, 4) is 0 Å². The maximum Gasteiger partial charge on any atom is 0.312 e. The normalized spacial score (nSPS) is 36.5. The van der Waals surface area contributed by atoms with Crippen molar-refractivity contribution in [2.45, 2.75) is 32.6 Å². The topological polar surface area (TPSA) is 29.5 Å². The van der Waals surface area contributed by atoms with E-state index in [2.05, 4.69) is 4.90 Å². The standard InChI is InChI=1S/C11H19NO2/c1-2-14-10(13)11-4-3-7-12(8-5-11)9-6-11/h2-9H2,1H3. The van der Waals surface area contributed by atoms with Crippen molar-refractivity contribution in [1.29, 1.82) is 0 Å². The van der Waals surface area contributed by atoms with Crippen LogP contribution in [0.25, 0.3) is 0 Å². The Morgan fingerprint density at radius 1 is 1.29 bits per heavy atom. The first kappa shape index (κ1) is 9.97. The third-order valence-corrected chi connectivity index (χ3v) is 3.65. The Bertz CT molecular complexity index is 214. The van der Waals surface area contributed by atoms with E-state index < -0.39 is 0 Å². The van der Waals surface area contributed by atoms with E-state index in [0.717, 1.165) is 38.8 Å². The molecular formula is C11H19NO2. The lowest BCUT2D eigenvalue weighted by Gasteiger charge is -2.35. The van der Waals surface area contributed by atoms with E-state index in [1.165, 1.54) is 6.54 Å².